The van der Waals surface area contributed by atoms with Gasteiger partial charge in [-0.25, -0.2) is 4.79 Å². The maximum absolute atomic E-state index is 12.8. The molecule has 2 aliphatic heterocycles. The monoisotopic (exact) mass is 486 g/mol. The first-order chi connectivity index (χ1) is 16.4. The Kier molecular flexibility index (Phi) is 9.24. The minimum atomic E-state index is -0.892. The highest BCUT2D eigenvalue weighted by atomic mass is 32.2. The summed E-state index contributed by atoms with van der Waals surface area (Å²) in [6.07, 6.45) is 3.70. The molecule has 2 fully saturated rings. The van der Waals surface area contributed by atoms with Crippen molar-refractivity contribution in [1.82, 2.24) is 21.3 Å². The molecule has 0 aliphatic carbocycles. The Balaban J connectivity index is 1.49. The maximum Gasteiger partial charge on any atom is 0.325 e. The van der Waals surface area contributed by atoms with Gasteiger partial charge in [-0.15, -0.1) is 0 Å². The molecule has 0 aromatic heterocycles. The second-order valence-electron chi connectivity index (χ2n) is 8.55. The van der Waals surface area contributed by atoms with E-state index < -0.39 is 23.8 Å². The first-order valence-electron chi connectivity index (χ1n) is 11.4. The Morgan fingerprint density at radius 1 is 1.21 bits per heavy atom. The van der Waals surface area contributed by atoms with Crippen molar-refractivity contribution in [2.75, 3.05) is 5.75 Å². The highest BCUT2D eigenvalue weighted by Crippen LogP contribution is 2.33. The van der Waals surface area contributed by atoms with Crippen LogP contribution in [-0.2, 0) is 20.8 Å². The Hall–Kier alpha value is -3.17. The normalized spacial score (nSPS) is 22.4. The minimum absolute atomic E-state index is 0.109. The van der Waals surface area contributed by atoms with Crippen LogP contribution in [0.3, 0.4) is 0 Å². The molecule has 1 aromatic rings. The fraction of sp³-hybridized carbons (Fsp3) is 0.522. The van der Waals surface area contributed by atoms with E-state index in [4.69, 9.17) is 5.53 Å². The van der Waals surface area contributed by atoms with Crippen LogP contribution < -0.4 is 21.3 Å². The third-order valence-electron chi connectivity index (χ3n) is 5.99. The number of amides is 4. The van der Waals surface area contributed by atoms with E-state index in [0.29, 0.717) is 11.7 Å². The van der Waals surface area contributed by atoms with Gasteiger partial charge in [0.2, 0.25) is 11.8 Å². The molecule has 0 radical (unpaired) electrons. The van der Waals surface area contributed by atoms with Crippen LogP contribution in [0.1, 0.15) is 38.2 Å². The van der Waals surface area contributed by atoms with Gasteiger partial charge in [-0.05, 0) is 25.3 Å². The number of rotatable bonds is 12. The SMILES string of the molecule is C[C@@H](NC(=O)[C@@H](Cc1ccccc1)NC(=O)CCCC[C@@H]1SC[C@@H]2NC(=O)N[C@@H]21)C(=O)C=[N+]=[N-]. The van der Waals surface area contributed by atoms with Crippen LogP contribution in [0.2, 0.25) is 0 Å². The van der Waals surface area contributed by atoms with Crippen LogP contribution >= 0.6 is 11.8 Å². The summed E-state index contributed by atoms with van der Waals surface area (Å²) in [5, 5.41) is 11.6. The van der Waals surface area contributed by atoms with E-state index in [9.17, 15) is 19.2 Å². The number of nitrogens with one attached hydrogen (secondary N) is 4. The molecule has 11 heteroatoms. The van der Waals surface area contributed by atoms with Gasteiger partial charge >= 0.3 is 12.2 Å². The number of benzene rings is 1. The molecule has 0 spiro atoms. The van der Waals surface area contributed by atoms with Crippen molar-refractivity contribution >= 4 is 41.6 Å². The number of urea groups is 1. The molecule has 10 nitrogen and oxygen atoms in total. The van der Waals surface area contributed by atoms with Gasteiger partial charge < -0.3 is 26.8 Å². The van der Waals surface area contributed by atoms with E-state index in [1.54, 1.807) is 0 Å². The molecule has 2 saturated heterocycles. The summed E-state index contributed by atoms with van der Waals surface area (Å²) in [6.45, 7) is 1.48. The number of hydrogen-bond acceptors (Lipinski definition) is 5. The topological polar surface area (TPSA) is 153 Å². The van der Waals surface area contributed by atoms with Crippen molar-refractivity contribution < 1.29 is 24.0 Å². The molecular weight excluding hydrogens is 456 g/mol. The summed E-state index contributed by atoms with van der Waals surface area (Å²) in [4.78, 5) is 51.4. The molecule has 5 atom stereocenters. The number of carbonyl (C=O) groups is 4. The highest BCUT2D eigenvalue weighted by Gasteiger charge is 2.42. The Labute approximate surface area is 202 Å². The zero-order chi connectivity index (χ0) is 24.5. The molecule has 4 amide bonds. The Morgan fingerprint density at radius 3 is 2.71 bits per heavy atom. The van der Waals surface area contributed by atoms with Crippen LogP contribution in [0.4, 0.5) is 4.79 Å². The fourth-order valence-electron chi connectivity index (χ4n) is 4.15. The first kappa shape index (κ1) is 25.5. The molecule has 182 valence electrons. The van der Waals surface area contributed by atoms with E-state index in [2.05, 4.69) is 26.1 Å². The van der Waals surface area contributed by atoms with Gasteiger partial charge in [0.25, 0.3) is 5.78 Å². The van der Waals surface area contributed by atoms with Crippen LogP contribution in [0, 0.1) is 0 Å². The maximum atomic E-state index is 12.8. The van der Waals surface area contributed by atoms with Crippen molar-refractivity contribution in [2.45, 2.75) is 68.4 Å². The fourth-order valence-corrected chi connectivity index (χ4v) is 5.70. The van der Waals surface area contributed by atoms with Gasteiger partial charge in [-0.3, -0.25) is 14.4 Å². The Morgan fingerprint density at radius 2 is 1.97 bits per heavy atom. The molecule has 2 aliphatic rings. The van der Waals surface area contributed by atoms with Gasteiger partial charge in [0.05, 0.1) is 18.1 Å². The zero-order valence-corrected chi connectivity index (χ0v) is 19.8. The van der Waals surface area contributed by atoms with E-state index in [0.717, 1.165) is 30.4 Å². The van der Waals surface area contributed by atoms with Gasteiger partial charge in [-0.2, -0.15) is 16.6 Å². The van der Waals surface area contributed by atoms with Crippen LogP contribution in [0.25, 0.3) is 5.53 Å². The summed E-state index contributed by atoms with van der Waals surface area (Å²) in [6, 6.07) is 7.77. The summed E-state index contributed by atoms with van der Waals surface area (Å²) in [5.41, 5.74) is 9.40. The lowest BCUT2D eigenvalue weighted by molar-refractivity contribution is -0.130. The van der Waals surface area contributed by atoms with Crippen molar-refractivity contribution in [3.63, 3.8) is 0 Å². The predicted molar refractivity (Wildman–Crippen MR) is 128 cm³/mol. The van der Waals surface area contributed by atoms with Crippen molar-refractivity contribution in [2.24, 2.45) is 0 Å². The van der Waals surface area contributed by atoms with Crippen LogP contribution in [0.5, 0.6) is 0 Å². The summed E-state index contributed by atoms with van der Waals surface area (Å²) in [7, 11) is 0. The summed E-state index contributed by atoms with van der Waals surface area (Å²) >= 11 is 1.84. The second-order valence-corrected chi connectivity index (χ2v) is 9.83. The zero-order valence-electron chi connectivity index (χ0n) is 19.0. The number of carbonyl (C=O) groups excluding carboxylic acids is 4. The van der Waals surface area contributed by atoms with E-state index in [-0.39, 0.29) is 36.9 Å². The molecule has 2 heterocycles. The number of ketones is 1. The van der Waals surface area contributed by atoms with Gasteiger partial charge in [0.1, 0.15) is 6.04 Å². The first-order valence-corrected chi connectivity index (χ1v) is 12.5. The molecule has 0 saturated carbocycles. The number of Topliss-reactive ketones (excluding diaryl/α,β-unsaturated/α-hetero) is 1. The molecule has 0 bridgehead atoms. The molecule has 0 unspecified atom stereocenters. The minimum Gasteiger partial charge on any atom is -0.361 e. The highest BCUT2D eigenvalue weighted by molar-refractivity contribution is 8.00. The quantitative estimate of drug-likeness (QED) is 0.113. The lowest BCUT2D eigenvalue weighted by Crippen LogP contribution is -2.51. The van der Waals surface area contributed by atoms with E-state index in [1.807, 2.05) is 42.1 Å². The third-order valence-corrected chi connectivity index (χ3v) is 7.49. The third kappa shape index (κ3) is 7.16. The standard InChI is InChI=1S/C23H30N6O4S/c1-14(18(30)12-25-24)26-22(32)16(11-15-7-3-2-4-8-15)27-20(31)10-6-5-9-19-21-17(13-34-19)28-23(33)29-21/h2-4,7-8,12,14,16-17,19,21H,5-6,9-11,13H2,1H3,(H,26,32)(H,27,31)(H2,28,29,33)/t14-,16-,17+,19+,21+/m1/s1. The van der Waals surface area contributed by atoms with E-state index >= 15 is 0 Å². The predicted octanol–water partition coefficient (Wildman–Crippen LogP) is 0.814. The average Bonchev–Trinajstić information content (AvgIpc) is 3.36. The smallest absolute Gasteiger partial charge is 0.325 e. The molecule has 1 aromatic carbocycles. The molecular formula is C23H30N6O4S. The number of hydrogen-bond donors (Lipinski definition) is 4. The van der Waals surface area contributed by atoms with Crippen molar-refractivity contribution in [3.8, 4) is 0 Å². The van der Waals surface area contributed by atoms with Crippen LogP contribution in [0.15, 0.2) is 30.3 Å². The van der Waals surface area contributed by atoms with E-state index in [1.165, 1.54) is 6.92 Å². The Bertz CT molecular complexity index is 952. The summed E-state index contributed by atoms with van der Waals surface area (Å²) in [5.74, 6) is -0.376. The lowest BCUT2D eigenvalue weighted by atomic mass is 10.0. The van der Waals surface area contributed by atoms with Crippen molar-refractivity contribution in [3.05, 3.63) is 41.4 Å². The molecule has 34 heavy (non-hydrogen) atoms. The van der Waals surface area contributed by atoms with Crippen LogP contribution in [-0.4, -0.2) is 69.8 Å². The largest absolute Gasteiger partial charge is 0.361 e. The van der Waals surface area contributed by atoms with Gasteiger partial charge in [-0.1, -0.05) is 36.8 Å². The second kappa shape index (κ2) is 12.3. The van der Waals surface area contributed by atoms with Gasteiger partial charge in [0, 0.05) is 23.8 Å². The van der Waals surface area contributed by atoms with Gasteiger partial charge in [0.15, 0.2) is 0 Å². The number of fused-ring (bicyclic) bond motifs is 1. The average molecular weight is 487 g/mol. The lowest BCUT2D eigenvalue weighted by Gasteiger charge is -2.20. The van der Waals surface area contributed by atoms with Crippen molar-refractivity contribution in [1.29, 1.82) is 0 Å². The number of unbranched alkanes of at least 4 members (excludes halogenated alkanes) is 1. The number of nitrogens with zero attached hydrogens (tertiary/aromatic N) is 2. The molecule has 4 N–H and O–H groups in total. The number of thioether (sulfide) groups is 1. The molecule has 3 rings (SSSR count). The summed E-state index contributed by atoms with van der Waals surface area (Å²) < 4.78 is 0.